The molecule has 9 nitrogen and oxygen atoms in total. The Balaban J connectivity index is 1.31. The number of aliphatic hydroxyl groups is 1. The average Bonchev–Trinajstić information content (AvgIpc) is 3.58. The number of thiophene rings is 1. The lowest BCUT2D eigenvalue weighted by Crippen LogP contribution is -2.30. The number of fused-ring (bicyclic) bond motifs is 1. The van der Waals surface area contributed by atoms with Crippen molar-refractivity contribution in [1.82, 2.24) is 20.6 Å². The van der Waals surface area contributed by atoms with E-state index in [1.54, 1.807) is 24.5 Å². The standard InChI is InChI=1S/C25H22FN5O4S/c26-17-9-16(31-25(34)30-15-2-3-15)4-6-20(17)35-21-7-8-27-19-10-22(36-24(19)21)18-5-1-14(11-28-18)12-29-23(33)13-32/h1,4-11,15,32H,2-3,12-13H2,(H,29,33)(H2,30,31,34). The SMILES string of the molecule is O=C(CO)NCc1ccc(-c2cc3nccc(Oc4ccc(NC(=O)NC5CC5)cc4F)c3s2)nc1. The van der Waals surface area contributed by atoms with E-state index in [-0.39, 0.29) is 24.4 Å². The van der Waals surface area contributed by atoms with E-state index >= 15 is 0 Å². The molecule has 3 amide bonds. The summed E-state index contributed by atoms with van der Waals surface area (Å²) in [6.45, 7) is -0.295. The van der Waals surface area contributed by atoms with E-state index in [2.05, 4.69) is 25.9 Å². The molecule has 0 bridgehead atoms. The zero-order chi connectivity index (χ0) is 25.1. The fourth-order valence-corrected chi connectivity index (χ4v) is 4.46. The first-order chi connectivity index (χ1) is 17.5. The number of halogens is 1. The van der Waals surface area contributed by atoms with Crippen LogP contribution in [0.3, 0.4) is 0 Å². The van der Waals surface area contributed by atoms with E-state index in [1.165, 1.54) is 23.5 Å². The number of anilines is 1. The number of carbonyl (C=O) groups is 2. The zero-order valence-corrected chi connectivity index (χ0v) is 19.8. The minimum atomic E-state index is -0.605. The molecule has 0 atom stereocenters. The molecule has 1 aliphatic carbocycles. The highest BCUT2D eigenvalue weighted by Crippen LogP contribution is 2.39. The monoisotopic (exact) mass is 507 g/mol. The first kappa shape index (κ1) is 23.6. The maximum Gasteiger partial charge on any atom is 0.319 e. The number of aromatic nitrogens is 2. The van der Waals surface area contributed by atoms with Crippen molar-refractivity contribution in [2.75, 3.05) is 11.9 Å². The second-order valence-electron chi connectivity index (χ2n) is 8.24. The van der Waals surface area contributed by atoms with Crippen molar-refractivity contribution in [3.63, 3.8) is 0 Å². The molecule has 1 aromatic carbocycles. The van der Waals surface area contributed by atoms with Gasteiger partial charge in [-0.2, -0.15) is 0 Å². The van der Waals surface area contributed by atoms with Gasteiger partial charge in [-0.05, 0) is 42.7 Å². The molecular formula is C25H22FN5O4S. The Bertz CT molecular complexity index is 1420. The van der Waals surface area contributed by atoms with Gasteiger partial charge in [-0.15, -0.1) is 11.3 Å². The lowest BCUT2D eigenvalue weighted by molar-refractivity contribution is -0.123. The summed E-state index contributed by atoms with van der Waals surface area (Å²) < 4.78 is 21.4. The van der Waals surface area contributed by atoms with Gasteiger partial charge in [0, 0.05) is 42.8 Å². The van der Waals surface area contributed by atoms with Gasteiger partial charge in [-0.1, -0.05) is 6.07 Å². The van der Waals surface area contributed by atoms with Crippen LogP contribution in [0.15, 0.2) is 54.9 Å². The van der Waals surface area contributed by atoms with Crippen LogP contribution in [0.2, 0.25) is 0 Å². The largest absolute Gasteiger partial charge is 0.453 e. The van der Waals surface area contributed by atoms with Gasteiger partial charge in [0.25, 0.3) is 0 Å². The molecule has 0 aliphatic heterocycles. The Labute approximate surface area is 209 Å². The zero-order valence-electron chi connectivity index (χ0n) is 19.0. The molecule has 3 aromatic heterocycles. The van der Waals surface area contributed by atoms with Crippen LogP contribution in [0.4, 0.5) is 14.9 Å². The summed E-state index contributed by atoms with van der Waals surface area (Å²) in [5.41, 5.74) is 2.53. The number of ether oxygens (including phenoxy) is 1. The van der Waals surface area contributed by atoms with Gasteiger partial charge in [0.15, 0.2) is 11.6 Å². The first-order valence-corrected chi connectivity index (χ1v) is 12.1. The van der Waals surface area contributed by atoms with Gasteiger partial charge in [0.05, 0.1) is 20.8 Å². The third-order valence-electron chi connectivity index (χ3n) is 5.41. The molecule has 184 valence electrons. The number of benzene rings is 1. The quantitative estimate of drug-likeness (QED) is 0.284. The second kappa shape index (κ2) is 10.3. The van der Waals surface area contributed by atoms with E-state index < -0.39 is 18.3 Å². The number of carbonyl (C=O) groups excluding carboxylic acids is 2. The Hall–Kier alpha value is -4.09. The molecule has 1 fully saturated rings. The van der Waals surface area contributed by atoms with Crippen molar-refractivity contribution in [1.29, 1.82) is 0 Å². The van der Waals surface area contributed by atoms with Crippen LogP contribution >= 0.6 is 11.3 Å². The topological polar surface area (TPSA) is 125 Å². The summed E-state index contributed by atoms with van der Waals surface area (Å²) in [6, 6.07) is 11.3. The van der Waals surface area contributed by atoms with Crippen LogP contribution in [0.25, 0.3) is 20.8 Å². The number of aliphatic hydroxyl groups excluding tert-OH is 1. The fraction of sp³-hybridized carbons (Fsp3) is 0.200. The van der Waals surface area contributed by atoms with Crippen LogP contribution < -0.4 is 20.7 Å². The van der Waals surface area contributed by atoms with Gasteiger partial charge >= 0.3 is 6.03 Å². The van der Waals surface area contributed by atoms with Gasteiger partial charge in [0.2, 0.25) is 5.91 Å². The highest BCUT2D eigenvalue weighted by molar-refractivity contribution is 7.22. The molecule has 5 rings (SSSR count). The molecule has 0 radical (unpaired) electrons. The summed E-state index contributed by atoms with van der Waals surface area (Å²) in [5, 5.41) is 16.8. The molecule has 36 heavy (non-hydrogen) atoms. The molecule has 0 unspecified atom stereocenters. The van der Waals surface area contributed by atoms with Crippen LogP contribution in [0.1, 0.15) is 18.4 Å². The van der Waals surface area contributed by atoms with Crippen molar-refractivity contribution in [3.8, 4) is 22.1 Å². The first-order valence-electron chi connectivity index (χ1n) is 11.2. The molecule has 11 heteroatoms. The maximum absolute atomic E-state index is 14.7. The predicted octanol–water partition coefficient (Wildman–Crippen LogP) is 4.18. The smallest absolute Gasteiger partial charge is 0.319 e. The van der Waals surface area contributed by atoms with Gasteiger partial charge in [0.1, 0.15) is 12.4 Å². The number of amides is 3. The molecule has 0 saturated heterocycles. The summed E-state index contributed by atoms with van der Waals surface area (Å²) in [7, 11) is 0. The Morgan fingerprint density at radius 3 is 2.69 bits per heavy atom. The Morgan fingerprint density at radius 1 is 1.11 bits per heavy atom. The molecule has 1 saturated carbocycles. The van der Waals surface area contributed by atoms with Crippen molar-refractivity contribution in [2.24, 2.45) is 0 Å². The second-order valence-corrected chi connectivity index (χ2v) is 9.29. The summed E-state index contributed by atoms with van der Waals surface area (Å²) >= 11 is 1.41. The summed E-state index contributed by atoms with van der Waals surface area (Å²) in [6.07, 6.45) is 5.17. The average molecular weight is 508 g/mol. The van der Waals surface area contributed by atoms with E-state index in [0.717, 1.165) is 28.0 Å². The Morgan fingerprint density at radius 2 is 1.97 bits per heavy atom. The minimum Gasteiger partial charge on any atom is -0.453 e. The van der Waals surface area contributed by atoms with Gasteiger partial charge in [-0.25, -0.2) is 9.18 Å². The minimum absolute atomic E-state index is 0.0259. The number of urea groups is 1. The van der Waals surface area contributed by atoms with Gasteiger partial charge in [-0.3, -0.25) is 14.8 Å². The highest BCUT2D eigenvalue weighted by Gasteiger charge is 2.23. The molecule has 4 N–H and O–H groups in total. The number of hydrogen-bond donors (Lipinski definition) is 4. The lowest BCUT2D eigenvalue weighted by Gasteiger charge is -2.10. The van der Waals surface area contributed by atoms with E-state index in [9.17, 15) is 14.0 Å². The number of rotatable bonds is 8. The number of nitrogens with zero attached hydrogens (tertiary/aromatic N) is 2. The fourth-order valence-electron chi connectivity index (χ4n) is 3.41. The Kier molecular flexibility index (Phi) is 6.74. The summed E-state index contributed by atoms with van der Waals surface area (Å²) in [4.78, 5) is 32.8. The number of pyridine rings is 2. The van der Waals surface area contributed by atoms with Crippen LogP contribution in [-0.2, 0) is 11.3 Å². The van der Waals surface area contributed by atoms with Crippen LogP contribution in [0, 0.1) is 5.82 Å². The van der Waals surface area contributed by atoms with E-state index in [4.69, 9.17) is 9.84 Å². The normalized spacial score (nSPS) is 12.8. The molecule has 3 heterocycles. The molecular weight excluding hydrogens is 485 g/mol. The van der Waals surface area contributed by atoms with Gasteiger partial charge < -0.3 is 25.8 Å². The third kappa shape index (κ3) is 5.58. The van der Waals surface area contributed by atoms with E-state index in [1.807, 2.05) is 18.2 Å². The molecule has 1 aliphatic rings. The summed E-state index contributed by atoms with van der Waals surface area (Å²) in [5.74, 6) is -0.584. The van der Waals surface area contributed by atoms with Crippen molar-refractivity contribution in [2.45, 2.75) is 25.4 Å². The van der Waals surface area contributed by atoms with Crippen molar-refractivity contribution < 1.29 is 23.8 Å². The van der Waals surface area contributed by atoms with Crippen molar-refractivity contribution >= 4 is 39.2 Å². The van der Waals surface area contributed by atoms with Crippen LogP contribution in [-0.4, -0.2) is 39.7 Å². The number of hydrogen-bond acceptors (Lipinski definition) is 7. The van der Waals surface area contributed by atoms with E-state index in [0.29, 0.717) is 22.6 Å². The van der Waals surface area contributed by atoms with Crippen molar-refractivity contribution in [3.05, 3.63) is 66.2 Å². The predicted molar refractivity (Wildman–Crippen MR) is 133 cm³/mol. The molecule has 0 spiro atoms. The lowest BCUT2D eigenvalue weighted by atomic mass is 10.2. The highest BCUT2D eigenvalue weighted by atomic mass is 32.1. The van der Waals surface area contributed by atoms with Crippen LogP contribution in [0.5, 0.6) is 11.5 Å². The number of nitrogens with one attached hydrogen (secondary N) is 3. The third-order valence-corrected chi connectivity index (χ3v) is 6.57. The maximum atomic E-state index is 14.7. The molecule has 4 aromatic rings.